The van der Waals surface area contributed by atoms with E-state index in [9.17, 15) is 4.39 Å². The van der Waals surface area contributed by atoms with Crippen molar-refractivity contribution in [1.82, 2.24) is 9.97 Å². The molecule has 0 unspecified atom stereocenters. The highest BCUT2D eigenvalue weighted by Gasteiger charge is 2.05. The molecule has 2 nitrogen and oxygen atoms in total. The summed E-state index contributed by atoms with van der Waals surface area (Å²) in [7, 11) is 0. The van der Waals surface area contributed by atoms with Crippen molar-refractivity contribution in [2.45, 2.75) is 13.3 Å². The molecule has 0 aliphatic heterocycles. The first kappa shape index (κ1) is 11.0. The molecular weight excluding hydrogens is 227 g/mol. The molecule has 0 spiro atoms. The van der Waals surface area contributed by atoms with Crippen LogP contribution in [-0.4, -0.2) is 9.97 Å². The second kappa shape index (κ2) is 4.58. The van der Waals surface area contributed by atoms with Gasteiger partial charge in [0.25, 0.3) is 0 Å². The van der Waals surface area contributed by atoms with Crippen LogP contribution in [0, 0.1) is 5.82 Å². The van der Waals surface area contributed by atoms with Crippen LogP contribution >= 0.6 is 11.6 Å². The van der Waals surface area contributed by atoms with Crippen LogP contribution in [0.2, 0.25) is 5.15 Å². The molecule has 0 saturated heterocycles. The quantitative estimate of drug-likeness (QED) is 0.746. The number of hydrogen-bond acceptors (Lipinski definition) is 2. The van der Waals surface area contributed by atoms with Crippen LogP contribution in [0.25, 0.3) is 11.3 Å². The van der Waals surface area contributed by atoms with Gasteiger partial charge in [0, 0.05) is 18.1 Å². The van der Waals surface area contributed by atoms with E-state index in [2.05, 4.69) is 9.97 Å². The van der Waals surface area contributed by atoms with Gasteiger partial charge in [-0.2, -0.15) is 0 Å². The fourth-order valence-electron chi connectivity index (χ4n) is 1.42. The number of benzene rings is 1. The van der Waals surface area contributed by atoms with Crippen molar-refractivity contribution in [1.29, 1.82) is 0 Å². The maximum Gasteiger partial charge on any atom is 0.133 e. The van der Waals surface area contributed by atoms with E-state index < -0.39 is 0 Å². The van der Waals surface area contributed by atoms with Crippen molar-refractivity contribution in [3.05, 3.63) is 47.1 Å². The zero-order chi connectivity index (χ0) is 11.5. The van der Waals surface area contributed by atoms with Gasteiger partial charge in [0.1, 0.15) is 16.8 Å². The molecule has 0 atom stereocenters. The lowest BCUT2D eigenvalue weighted by Crippen LogP contribution is -1.95. The summed E-state index contributed by atoms with van der Waals surface area (Å²) >= 11 is 5.87. The number of nitrogens with zero attached hydrogens (tertiary/aromatic N) is 2. The van der Waals surface area contributed by atoms with Gasteiger partial charge in [0.05, 0.1) is 5.69 Å². The smallest absolute Gasteiger partial charge is 0.133 e. The van der Waals surface area contributed by atoms with E-state index in [-0.39, 0.29) is 5.82 Å². The van der Waals surface area contributed by atoms with E-state index in [0.29, 0.717) is 28.7 Å². The van der Waals surface area contributed by atoms with E-state index in [1.54, 1.807) is 18.2 Å². The van der Waals surface area contributed by atoms with Gasteiger partial charge in [-0.25, -0.2) is 14.4 Å². The van der Waals surface area contributed by atoms with E-state index in [1.807, 2.05) is 6.92 Å². The monoisotopic (exact) mass is 236 g/mol. The van der Waals surface area contributed by atoms with Crippen LogP contribution in [0.4, 0.5) is 4.39 Å². The Balaban J connectivity index is 2.51. The minimum atomic E-state index is -0.287. The zero-order valence-electron chi connectivity index (χ0n) is 8.74. The number of hydrogen-bond donors (Lipinski definition) is 0. The zero-order valence-corrected chi connectivity index (χ0v) is 9.50. The highest BCUT2D eigenvalue weighted by atomic mass is 35.5. The van der Waals surface area contributed by atoms with E-state index >= 15 is 0 Å². The van der Waals surface area contributed by atoms with E-state index in [1.165, 1.54) is 12.1 Å². The Hall–Kier alpha value is -1.48. The van der Waals surface area contributed by atoms with Crippen molar-refractivity contribution in [3.8, 4) is 11.3 Å². The largest absolute Gasteiger partial charge is 0.233 e. The van der Waals surface area contributed by atoms with Crippen molar-refractivity contribution < 1.29 is 4.39 Å². The maximum atomic E-state index is 13.1. The molecule has 1 aromatic carbocycles. The van der Waals surface area contributed by atoms with Gasteiger partial charge in [0.2, 0.25) is 0 Å². The van der Waals surface area contributed by atoms with Gasteiger partial charge in [-0.3, -0.25) is 0 Å². The van der Waals surface area contributed by atoms with Crippen LogP contribution in [0.1, 0.15) is 12.7 Å². The summed E-state index contributed by atoms with van der Waals surface area (Å²) in [6, 6.07) is 7.90. The van der Waals surface area contributed by atoms with E-state index in [0.717, 1.165) is 0 Å². The first-order chi connectivity index (χ1) is 7.69. The Morgan fingerprint density at radius 1 is 1.25 bits per heavy atom. The number of rotatable bonds is 2. The fraction of sp³-hybridized carbons (Fsp3) is 0.167. The lowest BCUT2D eigenvalue weighted by molar-refractivity contribution is 0.628. The lowest BCUT2D eigenvalue weighted by Gasteiger charge is -2.03. The Kier molecular flexibility index (Phi) is 3.15. The average Bonchev–Trinajstić information content (AvgIpc) is 2.28. The maximum absolute atomic E-state index is 13.1. The summed E-state index contributed by atoms with van der Waals surface area (Å²) in [6.07, 6.45) is 0.697. The number of aryl methyl sites for hydroxylation is 1. The predicted molar refractivity (Wildman–Crippen MR) is 61.8 cm³/mol. The van der Waals surface area contributed by atoms with Gasteiger partial charge in [0.15, 0.2) is 0 Å². The lowest BCUT2D eigenvalue weighted by atomic mass is 10.1. The second-order valence-electron chi connectivity index (χ2n) is 3.36. The Morgan fingerprint density at radius 3 is 2.75 bits per heavy atom. The molecule has 0 amide bonds. The molecule has 82 valence electrons. The van der Waals surface area contributed by atoms with Gasteiger partial charge >= 0.3 is 0 Å². The predicted octanol–water partition coefficient (Wildman–Crippen LogP) is 3.50. The Bertz CT molecular complexity index is 514. The highest BCUT2D eigenvalue weighted by Crippen LogP contribution is 2.20. The molecule has 0 N–H and O–H groups in total. The van der Waals surface area contributed by atoms with Crippen LogP contribution < -0.4 is 0 Å². The Morgan fingerprint density at radius 2 is 2.06 bits per heavy atom. The molecular formula is C12H10ClFN2. The molecule has 0 saturated carbocycles. The molecule has 0 radical (unpaired) electrons. The summed E-state index contributed by atoms with van der Waals surface area (Å²) in [5.41, 5.74) is 1.36. The molecule has 0 aliphatic rings. The van der Waals surface area contributed by atoms with Gasteiger partial charge in [-0.1, -0.05) is 30.7 Å². The molecule has 4 heteroatoms. The molecule has 1 aromatic heterocycles. The standard InChI is InChI=1S/C12H10ClFN2/c1-2-12-15-10(7-11(13)16-12)8-4-3-5-9(14)6-8/h3-7H,2H2,1H3. The summed E-state index contributed by atoms with van der Waals surface area (Å²) in [4.78, 5) is 8.36. The molecule has 16 heavy (non-hydrogen) atoms. The van der Waals surface area contributed by atoms with Crippen LogP contribution in [-0.2, 0) is 6.42 Å². The normalized spacial score (nSPS) is 10.4. The first-order valence-corrected chi connectivity index (χ1v) is 5.36. The third kappa shape index (κ3) is 2.36. The summed E-state index contributed by atoms with van der Waals surface area (Å²) in [5.74, 6) is 0.372. The van der Waals surface area contributed by atoms with E-state index in [4.69, 9.17) is 11.6 Å². The number of aromatic nitrogens is 2. The average molecular weight is 237 g/mol. The second-order valence-corrected chi connectivity index (χ2v) is 3.74. The van der Waals surface area contributed by atoms with Gasteiger partial charge < -0.3 is 0 Å². The van der Waals surface area contributed by atoms with Crippen molar-refractivity contribution in [2.75, 3.05) is 0 Å². The first-order valence-electron chi connectivity index (χ1n) is 4.98. The highest BCUT2D eigenvalue weighted by molar-refractivity contribution is 6.29. The van der Waals surface area contributed by atoms with Crippen LogP contribution in [0.3, 0.4) is 0 Å². The minimum absolute atomic E-state index is 0.287. The van der Waals surface area contributed by atoms with Crippen LogP contribution in [0.5, 0.6) is 0 Å². The minimum Gasteiger partial charge on any atom is -0.233 e. The third-order valence-corrected chi connectivity index (χ3v) is 2.37. The molecule has 1 heterocycles. The van der Waals surface area contributed by atoms with Crippen molar-refractivity contribution in [2.24, 2.45) is 0 Å². The molecule has 0 aliphatic carbocycles. The fourth-order valence-corrected chi connectivity index (χ4v) is 1.62. The van der Waals surface area contributed by atoms with Crippen molar-refractivity contribution in [3.63, 3.8) is 0 Å². The van der Waals surface area contributed by atoms with Gasteiger partial charge in [-0.05, 0) is 12.1 Å². The third-order valence-electron chi connectivity index (χ3n) is 2.18. The molecule has 0 bridgehead atoms. The molecule has 0 fully saturated rings. The topological polar surface area (TPSA) is 25.8 Å². The number of halogens is 2. The Labute approximate surface area is 98.1 Å². The van der Waals surface area contributed by atoms with Crippen LogP contribution in [0.15, 0.2) is 30.3 Å². The van der Waals surface area contributed by atoms with Gasteiger partial charge in [-0.15, -0.1) is 0 Å². The molecule has 2 aromatic rings. The summed E-state index contributed by atoms with van der Waals surface area (Å²) < 4.78 is 13.1. The summed E-state index contributed by atoms with van der Waals surface area (Å²) in [5, 5.41) is 0.381. The summed E-state index contributed by atoms with van der Waals surface area (Å²) in [6.45, 7) is 1.95. The molecule has 2 rings (SSSR count). The SMILES string of the molecule is CCc1nc(Cl)cc(-c2cccc(F)c2)n1. The van der Waals surface area contributed by atoms with Crippen molar-refractivity contribution >= 4 is 11.6 Å².